The molecule has 106 valence electrons. The Morgan fingerprint density at radius 3 is 3.00 bits per heavy atom. The van der Waals surface area contributed by atoms with Crippen molar-refractivity contribution in [2.24, 2.45) is 0 Å². The van der Waals surface area contributed by atoms with E-state index in [2.05, 4.69) is 10.1 Å². The van der Waals surface area contributed by atoms with E-state index in [-0.39, 0.29) is 5.56 Å². The Bertz CT molecular complexity index is 864. The van der Waals surface area contributed by atoms with Gasteiger partial charge in [-0.1, -0.05) is 18.2 Å². The molecule has 0 aliphatic carbocycles. The van der Waals surface area contributed by atoms with Gasteiger partial charge < -0.3 is 9.72 Å². The first-order chi connectivity index (χ1) is 10.2. The Morgan fingerprint density at radius 2 is 2.19 bits per heavy atom. The van der Waals surface area contributed by atoms with E-state index in [0.29, 0.717) is 23.4 Å². The van der Waals surface area contributed by atoms with E-state index >= 15 is 0 Å². The minimum atomic E-state index is -0.438. The molecule has 21 heavy (non-hydrogen) atoms. The number of esters is 1. The predicted octanol–water partition coefficient (Wildman–Crippen LogP) is 1.89. The van der Waals surface area contributed by atoms with Crippen LogP contribution in [0.4, 0.5) is 0 Å². The van der Waals surface area contributed by atoms with Crippen molar-refractivity contribution in [3.05, 3.63) is 58.6 Å². The van der Waals surface area contributed by atoms with Crippen molar-refractivity contribution in [2.45, 2.75) is 6.92 Å². The third-order valence-electron chi connectivity index (χ3n) is 3.08. The van der Waals surface area contributed by atoms with E-state index in [0.717, 1.165) is 5.39 Å². The summed E-state index contributed by atoms with van der Waals surface area (Å²) >= 11 is 0. The Hall–Kier alpha value is -2.89. The molecule has 0 aliphatic heterocycles. The normalized spacial score (nSPS) is 10.7. The van der Waals surface area contributed by atoms with E-state index in [9.17, 15) is 9.59 Å². The van der Waals surface area contributed by atoms with Crippen molar-refractivity contribution < 1.29 is 9.53 Å². The highest BCUT2D eigenvalue weighted by molar-refractivity contribution is 5.89. The number of H-pyrrole nitrogens is 1. The van der Waals surface area contributed by atoms with Gasteiger partial charge >= 0.3 is 5.97 Å². The number of hydrogen-bond donors (Lipinski definition) is 1. The summed E-state index contributed by atoms with van der Waals surface area (Å²) in [6.07, 6.45) is 2.93. The Labute approximate surface area is 120 Å². The fourth-order valence-electron chi connectivity index (χ4n) is 2.09. The summed E-state index contributed by atoms with van der Waals surface area (Å²) in [5.74, 6) is 0.0566. The molecule has 6 heteroatoms. The highest BCUT2D eigenvalue weighted by Crippen LogP contribution is 2.13. The number of hydrogen-bond acceptors (Lipinski definition) is 4. The molecule has 0 bridgehead atoms. The summed E-state index contributed by atoms with van der Waals surface area (Å²) in [4.78, 5) is 26.4. The molecule has 0 spiro atoms. The first-order valence-corrected chi connectivity index (χ1v) is 6.53. The van der Waals surface area contributed by atoms with Gasteiger partial charge in [0.25, 0.3) is 5.56 Å². The van der Waals surface area contributed by atoms with Crippen LogP contribution < -0.4 is 5.56 Å². The molecule has 1 N–H and O–H groups in total. The maximum atomic E-state index is 12.0. The molecule has 0 aliphatic rings. The molecule has 0 saturated carbocycles. The summed E-state index contributed by atoms with van der Waals surface area (Å²) in [5, 5.41) is 5.50. The smallest absolute Gasteiger partial charge is 0.341 e. The van der Waals surface area contributed by atoms with Gasteiger partial charge in [-0.05, 0) is 24.4 Å². The molecule has 3 rings (SSSR count). The van der Waals surface area contributed by atoms with Crippen molar-refractivity contribution in [3.8, 4) is 5.82 Å². The second-order valence-electron chi connectivity index (χ2n) is 4.47. The molecule has 2 aromatic heterocycles. The summed E-state index contributed by atoms with van der Waals surface area (Å²) in [6, 6.07) is 9.08. The zero-order valence-corrected chi connectivity index (χ0v) is 11.4. The number of aromatic nitrogens is 3. The molecule has 0 amide bonds. The number of nitrogens with one attached hydrogen (secondary N) is 1. The first kappa shape index (κ1) is 13.1. The van der Waals surface area contributed by atoms with Gasteiger partial charge in [0, 0.05) is 11.6 Å². The molecule has 0 radical (unpaired) electrons. The standard InChI is InChI=1S/C15H13N3O3/c1-2-21-15(20)11-8-16-18(9-11)13-7-10-5-3-4-6-12(10)14(19)17-13/h3-9H,2H2,1H3,(H,17,19). The van der Waals surface area contributed by atoms with Crippen LogP contribution in [-0.4, -0.2) is 27.3 Å². The van der Waals surface area contributed by atoms with E-state index in [1.165, 1.54) is 17.1 Å². The molecular weight excluding hydrogens is 270 g/mol. The van der Waals surface area contributed by atoms with Gasteiger partial charge in [0.05, 0.1) is 18.4 Å². The zero-order chi connectivity index (χ0) is 14.8. The monoisotopic (exact) mass is 283 g/mol. The average Bonchev–Trinajstić information content (AvgIpc) is 2.97. The Balaban J connectivity index is 2.05. The van der Waals surface area contributed by atoms with Crippen molar-refractivity contribution in [2.75, 3.05) is 6.61 Å². The van der Waals surface area contributed by atoms with Crippen LogP contribution in [0.25, 0.3) is 16.6 Å². The van der Waals surface area contributed by atoms with Gasteiger partial charge in [0.1, 0.15) is 5.82 Å². The van der Waals surface area contributed by atoms with Crippen LogP contribution >= 0.6 is 0 Å². The fraction of sp³-hybridized carbons (Fsp3) is 0.133. The van der Waals surface area contributed by atoms with Crippen LogP contribution in [0.2, 0.25) is 0 Å². The third kappa shape index (κ3) is 2.43. The summed E-state index contributed by atoms with van der Waals surface area (Å²) in [7, 11) is 0. The number of pyridine rings is 1. The van der Waals surface area contributed by atoms with Crippen LogP contribution in [-0.2, 0) is 4.74 Å². The number of carbonyl (C=O) groups excluding carboxylic acids is 1. The maximum absolute atomic E-state index is 12.0. The largest absolute Gasteiger partial charge is 0.462 e. The van der Waals surface area contributed by atoms with E-state index in [1.807, 2.05) is 18.2 Å². The van der Waals surface area contributed by atoms with E-state index < -0.39 is 5.97 Å². The molecular formula is C15H13N3O3. The fourth-order valence-corrected chi connectivity index (χ4v) is 2.09. The van der Waals surface area contributed by atoms with Crippen LogP contribution in [0.3, 0.4) is 0 Å². The third-order valence-corrected chi connectivity index (χ3v) is 3.08. The van der Waals surface area contributed by atoms with Gasteiger partial charge in [-0.15, -0.1) is 0 Å². The maximum Gasteiger partial charge on any atom is 0.341 e. The lowest BCUT2D eigenvalue weighted by Gasteiger charge is -2.03. The second kappa shape index (κ2) is 5.24. The number of nitrogens with zero attached hydrogens (tertiary/aromatic N) is 2. The molecule has 0 fully saturated rings. The van der Waals surface area contributed by atoms with Gasteiger partial charge in [-0.3, -0.25) is 4.79 Å². The highest BCUT2D eigenvalue weighted by Gasteiger charge is 2.11. The lowest BCUT2D eigenvalue weighted by molar-refractivity contribution is 0.0526. The number of rotatable bonds is 3. The van der Waals surface area contributed by atoms with Gasteiger partial charge in [0.15, 0.2) is 0 Å². The Kier molecular flexibility index (Phi) is 3.27. The molecule has 2 heterocycles. The van der Waals surface area contributed by atoms with E-state index in [4.69, 9.17) is 4.74 Å². The number of benzene rings is 1. The molecule has 0 saturated heterocycles. The van der Waals surface area contributed by atoms with Crippen molar-refractivity contribution in [1.82, 2.24) is 14.8 Å². The van der Waals surface area contributed by atoms with Gasteiger partial charge in [-0.2, -0.15) is 5.10 Å². The second-order valence-corrected chi connectivity index (χ2v) is 4.47. The lowest BCUT2D eigenvalue weighted by atomic mass is 10.2. The van der Waals surface area contributed by atoms with Crippen molar-refractivity contribution >= 4 is 16.7 Å². The quantitative estimate of drug-likeness (QED) is 0.745. The molecule has 1 aromatic carbocycles. The molecule has 6 nitrogen and oxygen atoms in total. The van der Waals surface area contributed by atoms with Gasteiger partial charge in [0.2, 0.25) is 0 Å². The topological polar surface area (TPSA) is 77.0 Å². The minimum Gasteiger partial charge on any atom is -0.462 e. The van der Waals surface area contributed by atoms with E-state index in [1.54, 1.807) is 19.1 Å². The highest BCUT2D eigenvalue weighted by atomic mass is 16.5. The first-order valence-electron chi connectivity index (χ1n) is 6.53. The van der Waals surface area contributed by atoms with Crippen molar-refractivity contribution in [3.63, 3.8) is 0 Å². The van der Waals surface area contributed by atoms with Crippen LogP contribution in [0, 0.1) is 0 Å². The van der Waals surface area contributed by atoms with Crippen LogP contribution in [0.15, 0.2) is 47.5 Å². The summed E-state index contributed by atoms with van der Waals surface area (Å²) in [5.41, 5.74) is 0.141. The number of carbonyl (C=O) groups is 1. The van der Waals surface area contributed by atoms with Crippen molar-refractivity contribution in [1.29, 1.82) is 0 Å². The lowest BCUT2D eigenvalue weighted by Crippen LogP contribution is -2.11. The van der Waals surface area contributed by atoms with Gasteiger partial charge in [-0.25, -0.2) is 9.48 Å². The number of ether oxygens (including phenoxy) is 1. The Morgan fingerprint density at radius 1 is 1.38 bits per heavy atom. The summed E-state index contributed by atoms with van der Waals surface area (Å²) in [6.45, 7) is 2.04. The summed E-state index contributed by atoms with van der Waals surface area (Å²) < 4.78 is 6.35. The number of fused-ring (bicyclic) bond motifs is 1. The minimum absolute atomic E-state index is 0.198. The predicted molar refractivity (Wildman–Crippen MR) is 77.6 cm³/mol. The van der Waals surface area contributed by atoms with Crippen LogP contribution in [0.5, 0.6) is 0 Å². The zero-order valence-electron chi connectivity index (χ0n) is 11.4. The molecule has 3 aromatic rings. The molecule has 0 unspecified atom stereocenters. The van der Waals surface area contributed by atoms with Crippen LogP contribution in [0.1, 0.15) is 17.3 Å². The SMILES string of the molecule is CCOC(=O)c1cnn(-c2cc3ccccc3c(=O)[nH]2)c1. The number of aromatic amines is 1. The average molecular weight is 283 g/mol. The molecule has 0 atom stereocenters.